The lowest BCUT2D eigenvalue weighted by atomic mass is 9.99. The molecule has 18 heavy (non-hydrogen) atoms. The van der Waals surface area contributed by atoms with Gasteiger partial charge in [0.1, 0.15) is 5.75 Å². The second-order valence-corrected chi connectivity index (χ2v) is 3.88. The number of rotatable bonds is 2. The maximum atomic E-state index is 12.6. The summed E-state index contributed by atoms with van der Waals surface area (Å²) >= 11 is 0. The van der Waals surface area contributed by atoms with E-state index in [1.165, 1.54) is 13.2 Å². The lowest BCUT2D eigenvalue weighted by Gasteiger charge is -2.17. The van der Waals surface area contributed by atoms with Crippen LogP contribution in [0.3, 0.4) is 0 Å². The quantitative estimate of drug-likeness (QED) is 0.891. The van der Waals surface area contributed by atoms with Gasteiger partial charge in [0, 0.05) is 5.56 Å². The van der Waals surface area contributed by atoms with Crippen molar-refractivity contribution in [2.24, 2.45) is 0 Å². The van der Waals surface area contributed by atoms with Crippen LogP contribution in [0.4, 0.5) is 13.2 Å². The standard InChI is InChI=1S/C13H11F3O2/c1-18-9-6-8-4-2-3-5-10(8)11(7-9)12(17)13(14,15)16/h2-7,12,17H,1H3. The number of aliphatic hydroxyl groups excluding tert-OH is 1. The molecule has 96 valence electrons. The average Bonchev–Trinajstić information content (AvgIpc) is 2.35. The summed E-state index contributed by atoms with van der Waals surface area (Å²) in [6, 6.07) is 9.39. The van der Waals surface area contributed by atoms with E-state index in [0.717, 1.165) is 0 Å². The van der Waals surface area contributed by atoms with Gasteiger partial charge in [-0.05, 0) is 22.9 Å². The molecule has 0 aliphatic rings. The van der Waals surface area contributed by atoms with Crippen LogP contribution in [0, 0.1) is 0 Å². The van der Waals surface area contributed by atoms with E-state index in [2.05, 4.69) is 0 Å². The van der Waals surface area contributed by atoms with Crippen molar-refractivity contribution in [3.8, 4) is 5.75 Å². The van der Waals surface area contributed by atoms with Crippen molar-refractivity contribution in [1.82, 2.24) is 0 Å². The summed E-state index contributed by atoms with van der Waals surface area (Å²) in [6.45, 7) is 0. The summed E-state index contributed by atoms with van der Waals surface area (Å²) < 4.78 is 42.8. The molecule has 0 saturated heterocycles. The molecule has 0 aromatic heterocycles. The topological polar surface area (TPSA) is 29.5 Å². The third kappa shape index (κ3) is 2.26. The molecule has 5 heteroatoms. The van der Waals surface area contributed by atoms with Crippen molar-refractivity contribution < 1.29 is 23.0 Å². The molecule has 2 nitrogen and oxygen atoms in total. The third-order valence-corrected chi connectivity index (χ3v) is 2.71. The average molecular weight is 256 g/mol. The van der Waals surface area contributed by atoms with E-state index >= 15 is 0 Å². The summed E-state index contributed by atoms with van der Waals surface area (Å²) in [4.78, 5) is 0. The minimum Gasteiger partial charge on any atom is -0.497 e. The molecule has 0 spiro atoms. The van der Waals surface area contributed by atoms with Gasteiger partial charge < -0.3 is 9.84 Å². The molecule has 0 radical (unpaired) electrons. The van der Waals surface area contributed by atoms with Gasteiger partial charge in [0.15, 0.2) is 6.10 Å². The zero-order valence-corrected chi connectivity index (χ0v) is 9.53. The number of benzene rings is 2. The Balaban J connectivity index is 2.68. The Hall–Kier alpha value is -1.75. The van der Waals surface area contributed by atoms with Crippen molar-refractivity contribution in [2.75, 3.05) is 7.11 Å². The molecule has 0 heterocycles. The predicted octanol–water partition coefficient (Wildman–Crippen LogP) is 3.44. The van der Waals surface area contributed by atoms with Gasteiger partial charge in [0.25, 0.3) is 0 Å². The Morgan fingerprint density at radius 2 is 1.83 bits per heavy atom. The van der Waals surface area contributed by atoms with Crippen molar-refractivity contribution in [3.63, 3.8) is 0 Å². The van der Waals surface area contributed by atoms with E-state index in [-0.39, 0.29) is 11.3 Å². The van der Waals surface area contributed by atoms with Crippen LogP contribution >= 0.6 is 0 Å². The molecule has 0 bridgehead atoms. The van der Waals surface area contributed by atoms with Gasteiger partial charge in [-0.25, -0.2) is 0 Å². The van der Waals surface area contributed by atoms with E-state index in [1.54, 1.807) is 30.3 Å². The zero-order valence-electron chi connectivity index (χ0n) is 9.53. The highest BCUT2D eigenvalue weighted by molar-refractivity contribution is 5.87. The van der Waals surface area contributed by atoms with Crippen molar-refractivity contribution in [3.05, 3.63) is 42.0 Å². The van der Waals surface area contributed by atoms with Crippen LogP contribution in [-0.4, -0.2) is 18.4 Å². The molecule has 0 amide bonds. The van der Waals surface area contributed by atoms with E-state index in [9.17, 15) is 18.3 Å². The molecule has 1 unspecified atom stereocenters. The molecule has 2 rings (SSSR count). The number of hydrogen-bond acceptors (Lipinski definition) is 2. The molecule has 2 aromatic rings. The molecule has 0 saturated carbocycles. The Morgan fingerprint density at radius 3 is 2.44 bits per heavy atom. The second kappa shape index (κ2) is 4.49. The third-order valence-electron chi connectivity index (χ3n) is 2.71. The Labute approximate surface area is 102 Å². The monoisotopic (exact) mass is 256 g/mol. The van der Waals surface area contributed by atoms with E-state index in [4.69, 9.17) is 4.74 Å². The fourth-order valence-corrected chi connectivity index (χ4v) is 1.83. The number of alkyl halides is 3. The smallest absolute Gasteiger partial charge is 0.418 e. The Kier molecular flexibility index (Phi) is 3.17. The number of fused-ring (bicyclic) bond motifs is 1. The summed E-state index contributed by atoms with van der Waals surface area (Å²) in [5.41, 5.74) is -0.197. The SMILES string of the molecule is COc1cc(C(O)C(F)(F)F)c2ccccc2c1. The first-order valence-electron chi connectivity index (χ1n) is 5.25. The largest absolute Gasteiger partial charge is 0.497 e. The zero-order chi connectivity index (χ0) is 13.3. The normalized spacial score (nSPS) is 13.6. The number of halogens is 3. The molecule has 1 N–H and O–H groups in total. The first kappa shape index (κ1) is 12.7. The molecule has 2 aromatic carbocycles. The van der Waals surface area contributed by atoms with E-state index in [0.29, 0.717) is 10.8 Å². The fraction of sp³-hybridized carbons (Fsp3) is 0.231. The van der Waals surface area contributed by atoms with Crippen molar-refractivity contribution in [1.29, 1.82) is 0 Å². The highest BCUT2D eigenvalue weighted by atomic mass is 19.4. The van der Waals surface area contributed by atoms with Gasteiger partial charge in [-0.1, -0.05) is 24.3 Å². The molecule has 1 atom stereocenters. The van der Waals surface area contributed by atoms with Crippen LogP contribution in [0.5, 0.6) is 5.75 Å². The first-order chi connectivity index (χ1) is 8.43. The van der Waals surface area contributed by atoms with Crippen LogP contribution in [0.25, 0.3) is 10.8 Å². The van der Waals surface area contributed by atoms with Crippen LogP contribution in [0.15, 0.2) is 36.4 Å². The lowest BCUT2D eigenvalue weighted by molar-refractivity contribution is -0.206. The summed E-state index contributed by atoms with van der Waals surface area (Å²) in [5.74, 6) is 0.284. The predicted molar refractivity (Wildman–Crippen MR) is 61.5 cm³/mol. The second-order valence-electron chi connectivity index (χ2n) is 3.88. The number of methoxy groups -OCH3 is 1. The minimum atomic E-state index is -4.70. The van der Waals surface area contributed by atoms with Gasteiger partial charge in [-0.3, -0.25) is 0 Å². The first-order valence-corrected chi connectivity index (χ1v) is 5.25. The van der Waals surface area contributed by atoms with Gasteiger partial charge in [0.2, 0.25) is 0 Å². The molecular formula is C13H11F3O2. The van der Waals surface area contributed by atoms with E-state index < -0.39 is 12.3 Å². The Bertz CT molecular complexity index is 564. The van der Waals surface area contributed by atoms with Crippen LogP contribution < -0.4 is 4.74 Å². The number of ether oxygens (including phenoxy) is 1. The molecule has 0 fully saturated rings. The lowest BCUT2D eigenvalue weighted by Crippen LogP contribution is -2.20. The summed E-state index contributed by atoms with van der Waals surface area (Å²) in [6.07, 6.45) is -7.22. The highest BCUT2D eigenvalue weighted by Crippen LogP contribution is 2.38. The van der Waals surface area contributed by atoms with Gasteiger partial charge >= 0.3 is 6.18 Å². The summed E-state index contributed by atoms with van der Waals surface area (Å²) in [7, 11) is 1.37. The van der Waals surface area contributed by atoms with Crippen molar-refractivity contribution in [2.45, 2.75) is 12.3 Å². The van der Waals surface area contributed by atoms with Crippen molar-refractivity contribution >= 4 is 10.8 Å². The fourth-order valence-electron chi connectivity index (χ4n) is 1.83. The van der Waals surface area contributed by atoms with Gasteiger partial charge in [0.05, 0.1) is 7.11 Å². The number of aliphatic hydroxyl groups is 1. The molecule has 0 aliphatic carbocycles. The van der Waals surface area contributed by atoms with Gasteiger partial charge in [-0.2, -0.15) is 13.2 Å². The molecular weight excluding hydrogens is 245 g/mol. The van der Waals surface area contributed by atoms with E-state index in [1.807, 2.05) is 0 Å². The Morgan fingerprint density at radius 1 is 1.17 bits per heavy atom. The summed E-state index contributed by atoms with van der Waals surface area (Å²) in [5, 5.41) is 10.4. The van der Waals surface area contributed by atoms with Crippen LogP contribution in [-0.2, 0) is 0 Å². The maximum absolute atomic E-state index is 12.6. The minimum absolute atomic E-state index is 0.197. The number of hydrogen-bond donors (Lipinski definition) is 1. The van der Waals surface area contributed by atoms with Gasteiger partial charge in [-0.15, -0.1) is 0 Å². The molecule has 0 aliphatic heterocycles. The highest BCUT2D eigenvalue weighted by Gasteiger charge is 2.40. The van der Waals surface area contributed by atoms with Crippen LogP contribution in [0.1, 0.15) is 11.7 Å². The maximum Gasteiger partial charge on any atom is 0.418 e. The van der Waals surface area contributed by atoms with Crippen LogP contribution in [0.2, 0.25) is 0 Å².